The average Bonchev–Trinajstić information content (AvgIpc) is 2.08. The van der Waals surface area contributed by atoms with Gasteiger partial charge in [0.15, 0.2) is 0 Å². The summed E-state index contributed by atoms with van der Waals surface area (Å²) in [5.41, 5.74) is 6.97. The summed E-state index contributed by atoms with van der Waals surface area (Å²) >= 11 is 0. The molecule has 0 atom stereocenters. The zero-order valence-electron chi connectivity index (χ0n) is 7.17. The first kappa shape index (κ1) is 9.92. The molecule has 11 heavy (non-hydrogen) atoms. The molecular weight excluding hydrogens is 134 g/mol. The molecule has 1 nitrogen and oxygen atoms in total. The molecule has 0 saturated carbocycles. The first-order chi connectivity index (χ1) is 5.33. The van der Waals surface area contributed by atoms with Gasteiger partial charge in [-0.05, 0) is 19.5 Å². The molecular formula is C10H17N. The van der Waals surface area contributed by atoms with Crippen molar-refractivity contribution in [3.8, 4) is 0 Å². The van der Waals surface area contributed by atoms with E-state index in [1.165, 1.54) is 18.2 Å². The highest BCUT2D eigenvalue weighted by atomic mass is 14.4. The highest BCUT2D eigenvalue weighted by Gasteiger charge is 1.83. The highest BCUT2D eigenvalue weighted by Crippen LogP contribution is 2.03. The van der Waals surface area contributed by atoms with Gasteiger partial charge in [0, 0.05) is 1.43 Å². The largest absolute Gasteiger partial charge is 0.333 e. The summed E-state index contributed by atoms with van der Waals surface area (Å²) in [7, 11) is 1.50. The van der Waals surface area contributed by atoms with Gasteiger partial charge in [0.25, 0.3) is 0 Å². The minimum absolute atomic E-state index is 0. The molecule has 1 aromatic carbocycles. The average molecular weight is 151 g/mol. The fraction of sp³-hybridized carbons (Fsp3) is 0.200. The number of rotatable bonds is 1. The van der Waals surface area contributed by atoms with E-state index in [1.54, 1.807) is 0 Å². The van der Waals surface area contributed by atoms with Crippen LogP contribution in [0, 0.1) is 6.92 Å². The molecule has 0 aliphatic rings. The van der Waals surface area contributed by atoms with Crippen molar-refractivity contribution in [2.75, 3.05) is 7.05 Å². The van der Waals surface area contributed by atoms with E-state index in [9.17, 15) is 0 Å². The molecule has 0 aliphatic carbocycles. The van der Waals surface area contributed by atoms with Gasteiger partial charge in [-0.25, -0.2) is 0 Å². The maximum Gasteiger partial charge on any atom is 0 e. The van der Waals surface area contributed by atoms with E-state index in [-0.39, 0.29) is 1.43 Å². The van der Waals surface area contributed by atoms with Gasteiger partial charge >= 0.3 is 0 Å². The van der Waals surface area contributed by atoms with Crippen LogP contribution in [0.3, 0.4) is 0 Å². The number of aryl methyl sites for hydroxylation is 1. The molecule has 0 aliphatic heterocycles. The summed E-state index contributed by atoms with van der Waals surface area (Å²) < 4.78 is 0. The Balaban J connectivity index is 0. The lowest BCUT2D eigenvalue weighted by Gasteiger charge is -1.92. The van der Waals surface area contributed by atoms with Crippen molar-refractivity contribution in [3.63, 3.8) is 0 Å². The lowest BCUT2D eigenvalue weighted by molar-refractivity contribution is 1.46. The van der Waals surface area contributed by atoms with Crippen molar-refractivity contribution in [3.05, 3.63) is 42.0 Å². The molecule has 1 heteroatoms. The summed E-state index contributed by atoms with van der Waals surface area (Å²) in [6.07, 6.45) is 1.85. The third-order valence-electron chi connectivity index (χ3n) is 1.28. The van der Waals surface area contributed by atoms with Gasteiger partial charge in [0.2, 0.25) is 0 Å². The van der Waals surface area contributed by atoms with Crippen LogP contribution in [0.25, 0.3) is 6.08 Å². The van der Waals surface area contributed by atoms with Crippen molar-refractivity contribution in [1.29, 1.82) is 0 Å². The maximum atomic E-state index is 4.50. The van der Waals surface area contributed by atoms with E-state index in [4.69, 9.17) is 0 Å². The molecule has 0 heterocycles. The standard InChI is InChI=1S/C9H10.CH5N.H2/c1-3-9-6-4-5-8(2)7-9;1-2;/h3-7H,1H2,2H3;2H2,1H3;1H. The third-order valence-corrected chi connectivity index (χ3v) is 1.28. The van der Waals surface area contributed by atoms with Crippen LogP contribution in [0.2, 0.25) is 0 Å². The van der Waals surface area contributed by atoms with E-state index < -0.39 is 0 Å². The minimum Gasteiger partial charge on any atom is -0.333 e. The van der Waals surface area contributed by atoms with Gasteiger partial charge < -0.3 is 5.73 Å². The molecule has 2 N–H and O–H groups in total. The Morgan fingerprint density at radius 3 is 2.45 bits per heavy atom. The second kappa shape index (κ2) is 5.69. The van der Waals surface area contributed by atoms with Gasteiger partial charge in [-0.2, -0.15) is 0 Å². The number of benzene rings is 1. The Bertz CT molecular complexity index is 221. The fourth-order valence-corrected chi connectivity index (χ4v) is 0.797. The molecule has 0 spiro atoms. The Hall–Kier alpha value is -1.08. The Kier molecular flexibility index (Phi) is 5.13. The summed E-state index contributed by atoms with van der Waals surface area (Å²) in [4.78, 5) is 0. The monoisotopic (exact) mass is 151 g/mol. The smallest absolute Gasteiger partial charge is 0 e. The van der Waals surface area contributed by atoms with Crippen molar-refractivity contribution >= 4 is 6.08 Å². The van der Waals surface area contributed by atoms with Crippen molar-refractivity contribution in [2.45, 2.75) is 6.92 Å². The van der Waals surface area contributed by atoms with Gasteiger partial charge in [-0.3, -0.25) is 0 Å². The number of hydrogen-bond donors (Lipinski definition) is 1. The van der Waals surface area contributed by atoms with E-state index in [1.807, 2.05) is 18.2 Å². The predicted molar refractivity (Wildman–Crippen MR) is 53.5 cm³/mol. The van der Waals surface area contributed by atoms with Crippen LogP contribution >= 0.6 is 0 Å². The van der Waals surface area contributed by atoms with Gasteiger partial charge in [-0.1, -0.05) is 42.5 Å². The van der Waals surface area contributed by atoms with Crippen molar-refractivity contribution in [2.24, 2.45) is 5.73 Å². The number of hydrogen-bond acceptors (Lipinski definition) is 1. The lowest BCUT2D eigenvalue weighted by Crippen LogP contribution is -1.72. The van der Waals surface area contributed by atoms with Crippen LogP contribution < -0.4 is 5.73 Å². The minimum atomic E-state index is 0. The van der Waals surface area contributed by atoms with Crippen molar-refractivity contribution in [1.82, 2.24) is 0 Å². The Morgan fingerprint density at radius 2 is 2.09 bits per heavy atom. The third kappa shape index (κ3) is 3.58. The van der Waals surface area contributed by atoms with E-state index in [0.29, 0.717) is 0 Å². The summed E-state index contributed by atoms with van der Waals surface area (Å²) in [6.45, 7) is 5.75. The maximum absolute atomic E-state index is 4.50. The van der Waals surface area contributed by atoms with Crippen LogP contribution in [0.15, 0.2) is 30.8 Å². The van der Waals surface area contributed by atoms with E-state index >= 15 is 0 Å². The molecule has 0 aromatic heterocycles. The van der Waals surface area contributed by atoms with Crippen molar-refractivity contribution < 1.29 is 1.43 Å². The molecule has 62 valence electrons. The zero-order chi connectivity index (χ0) is 8.69. The number of nitrogens with two attached hydrogens (primary N) is 1. The summed E-state index contributed by atoms with van der Waals surface area (Å²) in [5.74, 6) is 0. The molecule has 0 fully saturated rings. The van der Waals surface area contributed by atoms with Gasteiger partial charge in [-0.15, -0.1) is 0 Å². The predicted octanol–water partition coefficient (Wildman–Crippen LogP) is 2.46. The SMILES string of the molecule is C=Cc1cccc(C)c1.CN.[HH]. The second-order valence-electron chi connectivity index (χ2n) is 2.12. The highest BCUT2D eigenvalue weighted by molar-refractivity contribution is 5.47. The topological polar surface area (TPSA) is 26.0 Å². The van der Waals surface area contributed by atoms with Gasteiger partial charge in [0.05, 0.1) is 0 Å². The first-order valence-corrected chi connectivity index (χ1v) is 3.60. The van der Waals surface area contributed by atoms with E-state index in [2.05, 4.69) is 31.4 Å². The van der Waals surface area contributed by atoms with Crippen LogP contribution in [0.5, 0.6) is 0 Å². The molecule has 0 amide bonds. The summed E-state index contributed by atoms with van der Waals surface area (Å²) in [5, 5.41) is 0. The second-order valence-corrected chi connectivity index (χ2v) is 2.12. The van der Waals surface area contributed by atoms with Crippen LogP contribution in [-0.2, 0) is 0 Å². The Labute approximate surface area is 70.0 Å². The molecule has 0 unspecified atom stereocenters. The zero-order valence-corrected chi connectivity index (χ0v) is 7.17. The first-order valence-electron chi connectivity index (χ1n) is 3.60. The molecule has 1 rings (SSSR count). The van der Waals surface area contributed by atoms with E-state index in [0.717, 1.165) is 0 Å². The lowest BCUT2D eigenvalue weighted by atomic mass is 10.1. The van der Waals surface area contributed by atoms with Crippen LogP contribution in [0.1, 0.15) is 12.6 Å². The van der Waals surface area contributed by atoms with Crippen LogP contribution in [0.4, 0.5) is 0 Å². The van der Waals surface area contributed by atoms with Crippen LogP contribution in [-0.4, -0.2) is 7.05 Å². The van der Waals surface area contributed by atoms with Gasteiger partial charge in [0.1, 0.15) is 0 Å². The fourth-order valence-electron chi connectivity index (χ4n) is 0.797. The quantitative estimate of drug-likeness (QED) is 0.655. The normalized spacial score (nSPS) is 7.91. The molecule has 1 aromatic rings. The molecule has 0 radical (unpaired) electrons. The summed E-state index contributed by atoms with van der Waals surface area (Å²) in [6, 6.07) is 8.26. The Morgan fingerprint density at radius 1 is 1.45 bits per heavy atom. The molecule has 0 saturated heterocycles. The molecule has 0 bridgehead atoms.